The maximum absolute atomic E-state index is 11.7. The van der Waals surface area contributed by atoms with E-state index in [-0.39, 0.29) is 11.9 Å². The third kappa shape index (κ3) is 2.85. The molecule has 2 heterocycles. The number of furan rings is 1. The first-order valence-electron chi connectivity index (χ1n) is 5.82. The van der Waals surface area contributed by atoms with Gasteiger partial charge in [-0.2, -0.15) is 0 Å². The van der Waals surface area contributed by atoms with Crippen molar-refractivity contribution in [3.05, 3.63) is 24.2 Å². The molecular formula is C12H18N2O2. The molecule has 4 nitrogen and oxygen atoms in total. The molecule has 4 heteroatoms. The molecule has 1 saturated heterocycles. The summed E-state index contributed by atoms with van der Waals surface area (Å²) < 4.78 is 5.24. The molecule has 2 N–H and O–H groups in total. The monoisotopic (exact) mass is 222 g/mol. The van der Waals surface area contributed by atoms with Crippen LogP contribution in [0.25, 0.3) is 0 Å². The summed E-state index contributed by atoms with van der Waals surface area (Å²) in [6, 6.07) is 4.00. The number of rotatable bonds is 4. The molecule has 2 rings (SSSR count). The van der Waals surface area contributed by atoms with Crippen LogP contribution in [0.3, 0.4) is 0 Å². The van der Waals surface area contributed by atoms with Crippen molar-refractivity contribution in [1.82, 2.24) is 10.6 Å². The predicted octanol–water partition coefficient (Wildman–Crippen LogP) is 1.60. The molecule has 2 unspecified atom stereocenters. The van der Waals surface area contributed by atoms with Gasteiger partial charge in [-0.25, -0.2) is 0 Å². The van der Waals surface area contributed by atoms with Crippen LogP contribution in [0.4, 0.5) is 0 Å². The highest BCUT2D eigenvalue weighted by Gasteiger charge is 2.19. The Labute approximate surface area is 95.4 Å². The van der Waals surface area contributed by atoms with Crippen molar-refractivity contribution in [2.75, 3.05) is 6.54 Å². The quantitative estimate of drug-likeness (QED) is 0.813. The van der Waals surface area contributed by atoms with Gasteiger partial charge in [-0.1, -0.05) is 0 Å². The SMILES string of the molecule is CC(NC(=O)CC1CCCN1)c1ccco1. The molecule has 0 radical (unpaired) electrons. The lowest BCUT2D eigenvalue weighted by Crippen LogP contribution is -2.33. The molecule has 1 aromatic rings. The van der Waals surface area contributed by atoms with E-state index in [2.05, 4.69) is 10.6 Å². The van der Waals surface area contributed by atoms with E-state index in [1.54, 1.807) is 6.26 Å². The molecule has 1 fully saturated rings. The maximum atomic E-state index is 11.7. The first-order valence-corrected chi connectivity index (χ1v) is 5.82. The molecule has 1 aliphatic heterocycles. The smallest absolute Gasteiger partial charge is 0.222 e. The largest absolute Gasteiger partial charge is 0.467 e. The highest BCUT2D eigenvalue weighted by Crippen LogP contribution is 2.13. The summed E-state index contributed by atoms with van der Waals surface area (Å²) >= 11 is 0. The molecule has 0 aromatic carbocycles. The van der Waals surface area contributed by atoms with E-state index in [9.17, 15) is 4.79 Å². The van der Waals surface area contributed by atoms with E-state index in [0.717, 1.165) is 18.7 Å². The predicted molar refractivity (Wildman–Crippen MR) is 60.9 cm³/mol. The fourth-order valence-electron chi connectivity index (χ4n) is 2.06. The summed E-state index contributed by atoms with van der Waals surface area (Å²) in [6.07, 6.45) is 4.45. The second-order valence-electron chi connectivity index (χ2n) is 4.30. The maximum Gasteiger partial charge on any atom is 0.222 e. The third-order valence-corrected chi connectivity index (χ3v) is 2.94. The summed E-state index contributed by atoms with van der Waals surface area (Å²) in [7, 11) is 0. The Morgan fingerprint density at radius 3 is 3.25 bits per heavy atom. The normalized spacial score (nSPS) is 21.9. The Balaban J connectivity index is 1.78. The van der Waals surface area contributed by atoms with Gasteiger partial charge in [0, 0.05) is 12.5 Å². The van der Waals surface area contributed by atoms with Crippen LogP contribution in [-0.2, 0) is 4.79 Å². The zero-order valence-electron chi connectivity index (χ0n) is 9.53. The van der Waals surface area contributed by atoms with Crippen LogP contribution in [0.2, 0.25) is 0 Å². The number of carbonyl (C=O) groups is 1. The van der Waals surface area contributed by atoms with Crippen LogP contribution in [0.1, 0.15) is 38.0 Å². The minimum atomic E-state index is -0.0519. The summed E-state index contributed by atoms with van der Waals surface area (Å²) in [4.78, 5) is 11.7. The lowest BCUT2D eigenvalue weighted by Gasteiger charge is -2.14. The summed E-state index contributed by atoms with van der Waals surface area (Å²) in [5, 5.41) is 6.25. The molecular weight excluding hydrogens is 204 g/mol. The van der Waals surface area contributed by atoms with Gasteiger partial charge in [0.05, 0.1) is 12.3 Å². The molecule has 1 aromatic heterocycles. The van der Waals surface area contributed by atoms with Crippen molar-refractivity contribution in [1.29, 1.82) is 0 Å². The highest BCUT2D eigenvalue weighted by molar-refractivity contribution is 5.77. The van der Waals surface area contributed by atoms with Crippen LogP contribution in [0.15, 0.2) is 22.8 Å². The fraction of sp³-hybridized carbons (Fsp3) is 0.583. The molecule has 0 saturated carbocycles. The van der Waals surface area contributed by atoms with Crippen molar-refractivity contribution in [2.24, 2.45) is 0 Å². The molecule has 88 valence electrons. The van der Waals surface area contributed by atoms with E-state index < -0.39 is 0 Å². The Bertz CT molecular complexity index is 329. The van der Waals surface area contributed by atoms with Gasteiger partial charge >= 0.3 is 0 Å². The van der Waals surface area contributed by atoms with Crippen LogP contribution < -0.4 is 10.6 Å². The van der Waals surface area contributed by atoms with Crippen molar-refractivity contribution < 1.29 is 9.21 Å². The fourth-order valence-corrected chi connectivity index (χ4v) is 2.06. The number of carbonyl (C=O) groups excluding carboxylic acids is 1. The van der Waals surface area contributed by atoms with Crippen LogP contribution in [0.5, 0.6) is 0 Å². The topological polar surface area (TPSA) is 54.3 Å². The van der Waals surface area contributed by atoms with Crippen molar-refractivity contribution in [2.45, 2.75) is 38.3 Å². The van der Waals surface area contributed by atoms with Gasteiger partial charge in [-0.05, 0) is 38.4 Å². The Hall–Kier alpha value is -1.29. The van der Waals surface area contributed by atoms with Crippen LogP contribution >= 0.6 is 0 Å². The molecule has 0 bridgehead atoms. The first-order chi connectivity index (χ1) is 7.75. The minimum absolute atomic E-state index is 0.0519. The zero-order valence-corrected chi connectivity index (χ0v) is 9.53. The van der Waals surface area contributed by atoms with Crippen LogP contribution in [-0.4, -0.2) is 18.5 Å². The molecule has 0 spiro atoms. The van der Waals surface area contributed by atoms with Gasteiger partial charge in [0.15, 0.2) is 0 Å². The van der Waals surface area contributed by atoms with Gasteiger partial charge in [0.25, 0.3) is 0 Å². The lowest BCUT2D eigenvalue weighted by molar-refractivity contribution is -0.122. The Kier molecular flexibility index (Phi) is 3.62. The zero-order chi connectivity index (χ0) is 11.4. The summed E-state index contributed by atoms with van der Waals surface area (Å²) in [6.45, 7) is 2.96. The molecule has 2 atom stereocenters. The van der Waals surface area contributed by atoms with Gasteiger partial charge < -0.3 is 15.1 Å². The van der Waals surface area contributed by atoms with Gasteiger partial charge in [-0.3, -0.25) is 4.79 Å². The number of amides is 1. The Morgan fingerprint density at radius 1 is 1.75 bits per heavy atom. The summed E-state index contributed by atoms with van der Waals surface area (Å²) in [5.41, 5.74) is 0. The van der Waals surface area contributed by atoms with Crippen molar-refractivity contribution in [3.8, 4) is 0 Å². The average Bonchev–Trinajstić information content (AvgIpc) is 2.88. The van der Waals surface area contributed by atoms with Gasteiger partial charge in [0.1, 0.15) is 5.76 Å². The highest BCUT2D eigenvalue weighted by atomic mass is 16.3. The van der Waals surface area contributed by atoms with Crippen molar-refractivity contribution >= 4 is 5.91 Å². The summed E-state index contributed by atoms with van der Waals surface area (Å²) in [5.74, 6) is 0.885. The standard InChI is InChI=1S/C12H18N2O2/c1-9(11-5-3-7-16-11)14-12(15)8-10-4-2-6-13-10/h3,5,7,9-10,13H,2,4,6,8H2,1H3,(H,14,15). The van der Waals surface area contributed by atoms with E-state index in [1.807, 2.05) is 19.1 Å². The van der Waals surface area contributed by atoms with E-state index >= 15 is 0 Å². The van der Waals surface area contributed by atoms with E-state index in [0.29, 0.717) is 12.5 Å². The second kappa shape index (κ2) is 5.16. The molecule has 16 heavy (non-hydrogen) atoms. The van der Waals surface area contributed by atoms with E-state index in [4.69, 9.17) is 4.42 Å². The first kappa shape index (κ1) is 11.2. The van der Waals surface area contributed by atoms with Crippen molar-refractivity contribution in [3.63, 3.8) is 0 Å². The number of hydrogen-bond donors (Lipinski definition) is 2. The van der Waals surface area contributed by atoms with E-state index in [1.165, 1.54) is 6.42 Å². The number of nitrogens with one attached hydrogen (secondary N) is 2. The third-order valence-electron chi connectivity index (χ3n) is 2.94. The second-order valence-corrected chi connectivity index (χ2v) is 4.30. The van der Waals surface area contributed by atoms with Crippen LogP contribution in [0, 0.1) is 0 Å². The number of hydrogen-bond acceptors (Lipinski definition) is 3. The lowest BCUT2D eigenvalue weighted by atomic mass is 10.1. The minimum Gasteiger partial charge on any atom is -0.467 e. The average molecular weight is 222 g/mol. The molecule has 0 aliphatic carbocycles. The van der Waals surface area contributed by atoms with Gasteiger partial charge in [0.2, 0.25) is 5.91 Å². The van der Waals surface area contributed by atoms with Gasteiger partial charge in [-0.15, -0.1) is 0 Å². The molecule has 1 aliphatic rings. The molecule has 1 amide bonds. The Morgan fingerprint density at radius 2 is 2.62 bits per heavy atom.